The molecule has 0 bridgehead atoms. The number of carboxylic acids is 1. The first kappa shape index (κ1) is 24.1. The van der Waals surface area contributed by atoms with Crippen molar-refractivity contribution in [1.82, 2.24) is 19.8 Å². The van der Waals surface area contributed by atoms with Gasteiger partial charge in [-0.05, 0) is 24.6 Å². The molecule has 2 atom stereocenters. The molecule has 4 heterocycles. The van der Waals surface area contributed by atoms with Crippen LogP contribution >= 0.6 is 0 Å². The molecular weight excluding hydrogens is 445 g/mol. The zero-order valence-corrected chi connectivity index (χ0v) is 17.7. The van der Waals surface area contributed by atoms with Gasteiger partial charge in [-0.1, -0.05) is 6.07 Å². The minimum absolute atomic E-state index is 0.0169. The summed E-state index contributed by atoms with van der Waals surface area (Å²) < 4.78 is 39.3. The molecule has 0 aliphatic carbocycles. The maximum absolute atomic E-state index is 12.8. The molecule has 0 radical (unpaired) electrons. The predicted octanol–water partition coefficient (Wildman–Crippen LogP) is 1.71. The van der Waals surface area contributed by atoms with Crippen molar-refractivity contribution in [2.75, 3.05) is 26.2 Å². The fourth-order valence-corrected chi connectivity index (χ4v) is 3.98. The summed E-state index contributed by atoms with van der Waals surface area (Å²) in [6.45, 7) is 1.98. The number of ether oxygens (including phenoxy) is 1. The van der Waals surface area contributed by atoms with Gasteiger partial charge in [-0.25, -0.2) is 9.78 Å². The fraction of sp³-hybridized carbons (Fsp3) is 0.429. The first-order valence-corrected chi connectivity index (χ1v) is 10.1. The van der Waals surface area contributed by atoms with Crippen LogP contribution in [0.25, 0.3) is 0 Å². The summed E-state index contributed by atoms with van der Waals surface area (Å²) >= 11 is 0. The molecule has 4 rings (SSSR count). The number of likely N-dealkylation sites (tertiary alicyclic amines) is 1. The van der Waals surface area contributed by atoms with Crippen LogP contribution in [0.5, 0.6) is 5.88 Å². The van der Waals surface area contributed by atoms with Crippen LogP contribution in [0.15, 0.2) is 42.7 Å². The quantitative estimate of drug-likeness (QED) is 0.707. The highest BCUT2D eigenvalue weighted by atomic mass is 19.4. The highest BCUT2D eigenvalue weighted by molar-refractivity contribution is 5.94. The Morgan fingerprint density at radius 2 is 2.03 bits per heavy atom. The van der Waals surface area contributed by atoms with Gasteiger partial charge in [0, 0.05) is 51.1 Å². The Labute approximate surface area is 187 Å². The molecule has 2 fully saturated rings. The van der Waals surface area contributed by atoms with Crippen molar-refractivity contribution in [3.63, 3.8) is 0 Å². The van der Waals surface area contributed by atoms with Crippen molar-refractivity contribution in [2.45, 2.75) is 12.6 Å². The average molecular weight is 468 g/mol. The normalized spacial score (nSPS) is 22.0. The van der Waals surface area contributed by atoms with Crippen molar-refractivity contribution in [1.29, 1.82) is 0 Å². The number of amides is 2. The molecule has 178 valence electrons. The summed E-state index contributed by atoms with van der Waals surface area (Å²) in [5.74, 6) is -2.19. The maximum Gasteiger partial charge on any atom is 0.490 e. The Kier molecular flexibility index (Phi) is 6.94. The van der Waals surface area contributed by atoms with E-state index in [0.29, 0.717) is 44.2 Å². The first-order valence-electron chi connectivity index (χ1n) is 10.1. The van der Waals surface area contributed by atoms with E-state index >= 15 is 0 Å². The number of aliphatic carboxylic acids is 1. The van der Waals surface area contributed by atoms with E-state index in [9.17, 15) is 22.8 Å². The number of nitrogens with zero attached hydrogens (tertiary/aromatic N) is 3. The van der Waals surface area contributed by atoms with Crippen LogP contribution in [-0.2, 0) is 16.6 Å². The van der Waals surface area contributed by atoms with Gasteiger partial charge in [0.2, 0.25) is 11.8 Å². The Bertz CT molecular complexity index is 1010. The number of nitrogens with one attached hydrogen (secondary N) is 1. The lowest BCUT2D eigenvalue weighted by atomic mass is 9.77. The van der Waals surface area contributed by atoms with Gasteiger partial charge in [-0.15, -0.1) is 0 Å². The fourth-order valence-electron chi connectivity index (χ4n) is 3.98. The Hall–Kier alpha value is -3.57. The topological polar surface area (TPSA) is 114 Å². The second-order valence-corrected chi connectivity index (χ2v) is 7.83. The van der Waals surface area contributed by atoms with Crippen molar-refractivity contribution in [3.8, 4) is 5.88 Å². The summed E-state index contributed by atoms with van der Waals surface area (Å²) in [4.78, 5) is 40.3. The monoisotopic (exact) mass is 468 g/mol. The van der Waals surface area contributed by atoms with E-state index < -0.39 is 17.6 Å². The van der Waals surface area contributed by atoms with Gasteiger partial charge in [-0.3, -0.25) is 9.59 Å². The zero-order valence-electron chi connectivity index (χ0n) is 17.7. The summed E-state index contributed by atoms with van der Waals surface area (Å²) in [6.07, 6.45) is -0.894. The number of aryl methyl sites for hydroxylation is 1. The number of carbonyl (C=O) groups is 3. The second-order valence-electron chi connectivity index (χ2n) is 7.83. The largest absolute Gasteiger partial charge is 0.490 e. The van der Waals surface area contributed by atoms with Crippen molar-refractivity contribution in [2.24, 2.45) is 18.4 Å². The van der Waals surface area contributed by atoms with Crippen LogP contribution in [0.3, 0.4) is 0 Å². The third kappa shape index (κ3) is 5.26. The second kappa shape index (κ2) is 9.51. The van der Waals surface area contributed by atoms with Crippen molar-refractivity contribution < 1.29 is 37.4 Å². The van der Waals surface area contributed by atoms with E-state index in [0.717, 1.165) is 0 Å². The van der Waals surface area contributed by atoms with E-state index in [-0.39, 0.29) is 17.7 Å². The molecule has 9 nitrogen and oxygen atoms in total. The van der Waals surface area contributed by atoms with Crippen LogP contribution in [0, 0.1) is 11.3 Å². The number of carboxylic acid groups (broad SMARTS) is 1. The SMILES string of the molecule is Cn1cccc1C(=O)N1CC[C@]2(C1)C(=O)NC[C@H]2COc1ccccn1.O=C(O)C(F)(F)F. The summed E-state index contributed by atoms with van der Waals surface area (Å²) in [5.41, 5.74) is 0.0667. The third-order valence-corrected chi connectivity index (χ3v) is 5.81. The van der Waals surface area contributed by atoms with E-state index in [4.69, 9.17) is 14.6 Å². The molecule has 33 heavy (non-hydrogen) atoms. The minimum atomic E-state index is -5.08. The highest BCUT2D eigenvalue weighted by Gasteiger charge is 2.55. The number of aromatic nitrogens is 2. The Morgan fingerprint density at radius 3 is 2.61 bits per heavy atom. The van der Waals surface area contributed by atoms with Gasteiger partial charge >= 0.3 is 12.1 Å². The van der Waals surface area contributed by atoms with Crippen LogP contribution < -0.4 is 10.1 Å². The van der Waals surface area contributed by atoms with Crippen LogP contribution in [0.1, 0.15) is 16.9 Å². The van der Waals surface area contributed by atoms with E-state index in [1.807, 2.05) is 42.1 Å². The molecule has 1 spiro atoms. The molecule has 12 heteroatoms. The molecular formula is C21H23F3N4O5. The molecule has 0 saturated carbocycles. The molecule has 0 aromatic carbocycles. The number of alkyl halides is 3. The highest BCUT2D eigenvalue weighted by Crippen LogP contribution is 2.42. The van der Waals surface area contributed by atoms with Gasteiger partial charge in [0.1, 0.15) is 5.69 Å². The van der Waals surface area contributed by atoms with Crippen LogP contribution in [0.4, 0.5) is 13.2 Å². The van der Waals surface area contributed by atoms with E-state index in [2.05, 4.69) is 10.3 Å². The van der Waals surface area contributed by atoms with Crippen molar-refractivity contribution >= 4 is 17.8 Å². The van der Waals surface area contributed by atoms with Gasteiger partial charge in [0.05, 0.1) is 12.0 Å². The molecule has 2 amide bonds. The van der Waals surface area contributed by atoms with E-state index in [1.54, 1.807) is 17.2 Å². The van der Waals surface area contributed by atoms with Gasteiger partial charge in [0.25, 0.3) is 5.91 Å². The number of rotatable bonds is 4. The number of pyridine rings is 1. The Balaban J connectivity index is 0.000000383. The standard InChI is InChI=1S/C19H22N4O3.C2HF3O2/c1-22-9-4-5-15(22)17(24)23-10-7-19(13-23)14(11-21-18(19)25)12-26-16-6-2-3-8-20-16;3-2(4,5)1(6)7/h2-6,8-9,14H,7,10-13H2,1H3,(H,21,25);(H,6,7)/t14-,19+;/m0./s1. The molecule has 2 saturated heterocycles. The molecule has 2 N–H and O–H groups in total. The average Bonchev–Trinajstić information content (AvgIpc) is 3.48. The molecule has 2 aliphatic heterocycles. The number of hydrogen-bond donors (Lipinski definition) is 2. The first-order chi connectivity index (χ1) is 15.5. The smallest absolute Gasteiger partial charge is 0.477 e. The Morgan fingerprint density at radius 1 is 1.30 bits per heavy atom. The predicted molar refractivity (Wildman–Crippen MR) is 108 cm³/mol. The van der Waals surface area contributed by atoms with E-state index in [1.165, 1.54) is 0 Å². The molecule has 2 aromatic heterocycles. The minimum Gasteiger partial charge on any atom is -0.477 e. The number of carbonyl (C=O) groups excluding carboxylic acids is 2. The summed E-state index contributed by atoms with van der Waals surface area (Å²) in [5, 5.41) is 10.1. The molecule has 2 aromatic rings. The summed E-state index contributed by atoms with van der Waals surface area (Å²) in [6, 6.07) is 9.16. The zero-order chi connectivity index (χ0) is 24.2. The van der Waals surface area contributed by atoms with Gasteiger partial charge in [0.15, 0.2) is 0 Å². The maximum atomic E-state index is 12.8. The third-order valence-electron chi connectivity index (χ3n) is 5.81. The molecule has 2 aliphatic rings. The van der Waals surface area contributed by atoms with Crippen LogP contribution in [0.2, 0.25) is 0 Å². The lowest BCUT2D eigenvalue weighted by molar-refractivity contribution is -0.192. The van der Waals surface area contributed by atoms with Crippen LogP contribution in [-0.4, -0.2) is 69.8 Å². The van der Waals surface area contributed by atoms with Gasteiger partial charge in [-0.2, -0.15) is 13.2 Å². The lowest BCUT2D eigenvalue weighted by Gasteiger charge is -2.28. The number of halogens is 3. The van der Waals surface area contributed by atoms with Crippen molar-refractivity contribution in [3.05, 3.63) is 48.4 Å². The molecule has 0 unspecified atom stereocenters. The number of hydrogen-bond acceptors (Lipinski definition) is 5. The lowest BCUT2D eigenvalue weighted by Crippen LogP contribution is -2.41. The summed E-state index contributed by atoms with van der Waals surface area (Å²) in [7, 11) is 1.85. The van der Waals surface area contributed by atoms with Gasteiger partial charge < -0.3 is 24.6 Å².